The third kappa shape index (κ3) is 4.66. The van der Waals surface area contributed by atoms with Crippen LogP contribution in [0.1, 0.15) is 27.0 Å². The van der Waals surface area contributed by atoms with Crippen molar-refractivity contribution in [2.45, 2.75) is 35.1 Å². The molecule has 2 fully saturated rings. The van der Waals surface area contributed by atoms with Gasteiger partial charge in [0.1, 0.15) is 13.7 Å². The molecule has 44 heavy (non-hydrogen) atoms. The minimum Gasteiger partial charge on any atom is -0.381 e. The van der Waals surface area contributed by atoms with E-state index in [9.17, 15) is 60.3 Å². The first-order valence-electron chi connectivity index (χ1n) is 12.8. The number of nitrogens with one attached hydrogen (secondary N) is 2. The lowest BCUT2D eigenvalue weighted by molar-refractivity contribution is -0.373. The molecule has 5 rings (SSSR count). The largest absolute Gasteiger partial charge is 0.381 e. The molecule has 3 aliphatic heterocycles. The van der Waals surface area contributed by atoms with Gasteiger partial charge in [-0.05, 0) is 29.8 Å². The van der Waals surface area contributed by atoms with E-state index in [0.717, 1.165) is 36.4 Å². The second-order valence-electron chi connectivity index (χ2n) is 10.5. The number of nitrogens with zero attached hydrogens (tertiary/aromatic N) is 2. The number of ether oxygens (including phenoxy) is 1. The molecule has 2 aromatic carbocycles. The first kappa shape index (κ1) is 31.8. The Bertz CT molecular complexity index is 1540. The molecule has 0 aromatic heterocycles. The normalized spacial score (nSPS) is 24.5. The van der Waals surface area contributed by atoms with Gasteiger partial charge in [-0.3, -0.25) is 29.5 Å². The second kappa shape index (κ2) is 10.2. The summed E-state index contributed by atoms with van der Waals surface area (Å²) in [4.78, 5) is 38.7. The minimum atomic E-state index is -4.19. The van der Waals surface area contributed by atoms with Crippen LogP contribution in [0.15, 0.2) is 36.4 Å². The summed E-state index contributed by atoms with van der Waals surface area (Å²) in [5.74, 6) is -22.0. The summed E-state index contributed by atoms with van der Waals surface area (Å²) >= 11 is 0. The molecule has 2 saturated heterocycles. The molecular weight excluding hydrogens is 594 g/mol. The van der Waals surface area contributed by atoms with E-state index in [1.54, 1.807) is 0 Å². The fraction of sp³-hybridized carbons (Fsp3) is 0.400. The molecular formula is C25H26BFN4O13. The van der Waals surface area contributed by atoms with Crippen LogP contribution in [0.25, 0.3) is 0 Å². The van der Waals surface area contributed by atoms with Gasteiger partial charge in [0.25, 0.3) is 35.3 Å². The third-order valence-corrected chi connectivity index (χ3v) is 7.71. The summed E-state index contributed by atoms with van der Waals surface area (Å²) in [6.07, 6.45) is 0. The minimum absolute atomic E-state index is 0.160. The molecule has 0 spiro atoms. The number of fused-ring (bicyclic) bond motifs is 1. The van der Waals surface area contributed by atoms with Crippen molar-refractivity contribution in [1.82, 2.24) is 15.1 Å². The number of carbonyl (C=O) groups excluding carboxylic acids is 3. The van der Waals surface area contributed by atoms with E-state index in [4.69, 9.17) is 12.6 Å². The van der Waals surface area contributed by atoms with Crippen molar-refractivity contribution < 1.29 is 69.5 Å². The molecule has 3 aliphatic rings. The number of halogens is 1. The summed E-state index contributed by atoms with van der Waals surface area (Å²) < 4.78 is 20.5. The average Bonchev–Trinajstić information content (AvgIpc) is 3.13. The Morgan fingerprint density at radius 2 is 1.64 bits per heavy atom. The monoisotopic (exact) mass is 620 g/mol. The van der Waals surface area contributed by atoms with Crippen LogP contribution in [0.4, 0.5) is 10.1 Å². The topological polar surface area (TPSA) is 273 Å². The second-order valence-corrected chi connectivity index (χ2v) is 10.5. The fourth-order valence-electron chi connectivity index (χ4n) is 5.36. The van der Waals surface area contributed by atoms with Crippen molar-refractivity contribution >= 4 is 31.3 Å². The van der Waals surface area contributed by atoms with Gasteiger partial charge in [0.05, 0.1) is 35.5 Å². The van der Waals surface area contributed by atoms with Crippen LogP contribution in [0, 0.1) is 5.82 Å². The van der Waals surface area contributed by atoms with Crippen molar-refractivity contribution in [1.29, 1.82) is 0 Å². The van der Waals surface area contributed by atoms with Crippen LogP contribution in [-0.2, 0) is 31.8 Å². The van der Waals surface area contributed by atoms with Crippen LogP contribution in [0.5, 0.6) is 0 Å². The Morgan fingerprint density at radius 3 is 2.25 bits per heavy atom. The summed E-state index contributed by atoms with van der Waals surface area (Å²) in [6.45, 7) is 0.928. The molecule has 0 aliphatic carbocycles. The zero-order valence-corrected chi connectivity index (χ0v) is 22.4. The van der Waals surface area contributed by atoms with Crippen LogP contribution in [-0.4, -0.2) is 125 Å². The smallest absolute Gasteiger partial charge is 0.303 e. The molecule has 3 heterocycles. The van der Waals surface area contributed by atoms with E-state index in [1.165, 1.54) is 10.2 Å². The number of amides is 3. The molecule has 3 amide bonds. The maximum atomic E-state index is 15.3. The Hall–Kier alpha value is -3.60. The molecule has 234 valence electrons. The standard InChI is InChI=1S/C25H26BFN4O13/c26-23(39,30-6-8-44-9-7-30)11-4-5-13(14(27)10-11)24(40,41)29-15-3-1-2-12-16(15)25(42,43)31(19(12)33)17-18(32)28-20(34)22(37,38)21(17,35)36/h1-5,10,17,29,35-43H,6-9H2,(H,28,32,34). The molecule has 2 atom stereocenters. The Kier molecular flexibility index (Phi) is 7.39. The number of imide groups is 1. The predicted molar refractivity (Wildman–Crippen MR) is 138 cm³/mol. The van der Waals surface area contributed by atoms with E-state index in [-0.39, 0.29) is 36.8 Å². The van der Waals surface area contributed by atoms with Crippen LogP contribution in [0.3, 0.4) is 0 Å². The van der Waals surface area contributed by atoms with E-state index in [1.807, 2.05) is 5.32 Å². The predicted octanol–water partition coefficient (Wildman–Crippen LogP) is -5.43. The van der Waals surface area contributed by atoms with E-state index < -0.39 is 81.0 Å². The zero-order chi connectivity index (χ0) is 32.6. The van der Waals surface area contributed by atoms with E-state index >= 15 is 4.39 Å². The zero-order valence-electron chi connectivity index (χ0n) is 22.4. The Morgan fingerprint density at radius 1 is 1.00 bits per heavy atom. The summed E-state index contributed by atoms with van der Waals surface area (Å²) in [5, 5.41) is 98.6. The highest BCUT2D eigenvalue weighted by molar-refractivity contribution is 6.14. The quantitative estimate of drug-likeness (QED) is 0.0817. The third-order valence-electron chi connectivity index (χ3n) is 7.71. The van der Waals surface area contributed by atoms with Gasteiger partial charge in [-0.1, -0.05) is 12.1 Å². The van der Waals surface area contributed by atoms with E-state index in [0.29, 0.717) is 0 Å². The first-order chi connectivity index (χ1) is 20.3. The number of hydrogen-bond acceptors (Lipinski definition) is 15. The van der Waals surface area contributed by atoms with Crippen LogP contribution < -0.4 is 10.6 Å². The van der Waals surface area contributed by atoms with Crippen molar-refractivity contribution in [2.75, 3.05) is 31.6 Å². The SMILES string of the molecule is [B]C(O)(c1ccc(C(O)(O)Nc2cccc3c2C(O)(O)N(C2C(=O)NC(=O)C(O)(O)C2(O)O)C3=O)c(F)c1)N1CCOCC1. The number of aliphatic hydroxyl groups is 9. The van der Waals surface area contributed by atoms with Crippen molar-refractivity contribution in [3.63, 3.8) is 0 Å². The lowest BCUT2D eigenvalue weighted by Crippen LogP contribution is -2.80. The van der Waals surface area contributed by atoms with Gasteiger partial charge in [-0.25, -0.2) is 4.39 Å². The number of carbonyl (C=O) groups is 3. The molecule has 11 N–H and O–H groups in total. The molecule has 2 radical (unpaired) electrons. The number of anilines is 1. The van der Waals surface area contributed by atoms with Crippen LogP contribution >= 0.6 is 0 Å². The first-order valence-corrected chi connectivity index (χ1v) is 12.8. The van der Waals surface area contributed by atoms with Gasteiger partial charge in [0, 0.05) is 18.8 Å². The Labute approximate surface area is 247 Å². The van der Waals surface area contributed by atoms with Gasteiger partial charge >= 0.3 is 5.79 Å². The van der Waals surface area contributed by atoms with Gasteiger partial charge in [0.15, 0.2) is 6.04 Å². The highest BCUT2D eigenvalue weighted by Crippen LogP contribution is 2.45. The number of hydrogen-bond donors (Lipinski definition) is 11. The Balaban J connectivity index is 1.49. The molecule has 0 saturated carbocycles. The number of piperidine rings is 1. The van der Waals surface area contributed by atoms with Gasteiger partial charge in [-0.2, -0.15) is 0 Å². The number of morpholine rings is 1. The lowest BCUT2D eigenvalue weighted by atomic mass is 9.81. The molecule has 0 bridgehead atoms. The maximum absolute atomic E-state index is 15.3. The maximum Gasteiger partial charge on any atom is 0.303 e. The number of benzene rings is 2. The molecule has 2 unspecified atom stereocenters. The van der Waals surface area contributed by atoms with Crippen molar-refractivity contribution in [3.05, 3.63) is 64.5 Å². The summed E-state index contributed by atoms with van der Waals surface area (Å²) in [6, 6.07) is 2.77. The average molecular weight is 620 g/mol. The fourth-order valence-corrected chi connectivity index (χ4v) is 5.36. The van der Waals surface area contributed by atoms with Gasteiger partial charge in [0.2, 0.25) is 0 Å². The van der Waals surface area contributed by atoms with Gasteiger partial charge in [-0.15, -0.1) is 0 Å². The van der Waals surface area contributed by atoms with Crippen LogP contribution in [0.2, 0.25) is 0 Å². The van der Waals surface area contributed by atoms with E-state index in [2.05, 4.69) is 0 Å². The summed E-state index contributed by atoms with van der Waals surface area (Å²) in [5.41, 5.74) is -5.44. The molecule has 2 aromatic rings. The molecule has 19 heteroatoms. The van der Waals surface area contributed by atoms with Crippen molar-refractivity contribution in [3.8, 4) is 0 Å². The lowest BCUT2D eigenvalue weighted by Gasteiger charge is -2.47. The van der Waals surface area contributed by atoms with Gasteiger partial charge < -0.3 is 56.0 Å². The molecule has 17 nitrogen and oxygen atoms in total. The number of rotatable bonds is 6. The highest BCUT2D eigenvalue weighted by atomic mass is 19.1. The highest BCUT2D eigenvalue weighted by Gasteiger charge is 2.70. The van der Waals surface area contributed by atoms with Crippen molar-refractivity contribution in [2.24, 2.45) is 0 Å². The summed E-state index contributed by atoms with van der Waals surface area (Å²) in [7, 11) is 6.01.